The Morgan fingerprint density at radius 3 is 2.56 bits per heavy atom. The van der Waals surface area contributed by atoms with E-state index < -0.39 is 0 Å². The van der Waals surface area contributed by atoms with Crippen molar-refractivity contribution in [3.63, 3.8) is 0 Å². The molecule has 0 spiro atoms. The molecule has 4 heteroatoms. The van der Waals surface area contributed by atoms with Gasteiger partial charge in [0.15, 0.2) is 0 Å². The molecule has 18 heavy (non-hydrogen) atoms. The topological polar surface area (TPSA) is 42.2 Å². The number of anilines is 2. The van der Waals surface area contributed by atoms with Gasteiger partial charge in [-0.15, -0.1) is 0 Å². The number of nitrogens with zero attached hydrogens (tertiary/aromatic N) is 2. The summed E-state index contributed by atoms with van der Waals surface area (Å²) in [5, 5.41) is 0. The molecule has 0 unspecified atom stereocenters. The molecular formula is C14H16BrN3. The summed E-state index contributed by atoms with van der Waals surface area (Å²) in [6.07, 6.45) is 1.79. The van der Waals surface area contributed by atoms with Crippen molar-refractivity contribution >= 4 is 27.4 Å². The third kappa shape index (κ3) is 2.71. The van der Waals surface area contributed by atoms with Crippen molar-refractivity contribution in [2.75, 3.05) is 11.9 Å². The molecule has 2 rings (SSSR count). The Bertz CT molecular complexity index is 537. The van der Waals surface area contributed by atoms with Crippen molar-refractivity contribution in [1.29, 1.82) is 0 Å². The van der Waals surface area contributed by atoms with Crippen LogP contribution in [0.1, 0.15) is 11.1 Å². The molecule has 0 aliphatic carbocycles. The second-order valence-electron chi connectivity index (χ2n) is 4.23. The van der Waals surface area contributed by atoms with Gasteiger partial charge in [-0.2, -0.15) is 0 Å². The van der Waals surface area contributed by atoms with Gasteiger partial charge < -0.3 is 10.6 Å². The highest BCUT2D eigenvalue weighted by Gasteiger charge is 2.10. The van der Waals surface area contributed by atoms with Crippen LogP contribution >= 0.6 is 15.9 Å². The zero-order valence-electron chi connectivity index (χ0n) is 10.5. The maximum absolute atomic E-state index is 5.77. The summed E-state index contributed by atoms with van der Waals surface area (Å²) in [6, 6.07) is 10.4. The molecule has 0 atom stereocenters. The first-order chi connectivity index (χ1) is 8.61. The Morgan fingerprint density at radius 2 is 1.94 bits per heavy atom. The Balaban J connectivity index is 2.39. The zero-order valence-corrected chi connectivity index (χ0v) is 12.1. The molecule has 2 aromatic rings. The molecule has 1 aromatic carbocycles. The van der Waals surface area contributed by atoms with Crippen molar-refractivity contribution in [3.05, 3.63) is 52.1 Å². The van der Waals surface area contributed by atoms with Crippen molar-refractivity contribution in [3.8, 4) is 0 Å². The molecule has 0 bridgehead atoms. The number of nitrogens with two attached hydrogens (primary N) is 1. The number of aromatic nitrogens is 1. The lowest BCUT2D eigenvalue weighted by molar-refractivity contribution is 1.01. The molecule has 0 saturated heterocycles. The highest BCUT2D eigenvalue weighted by molar-refractivity contribution is 9.10. The van der Waals surface area contributed by atoms with E-state index in [4.69, 9.17) is 5.73 Å². The minimum atomic E-state index is 0.470. The molecular weight excluding hydrogens is 290 g/mol. The lowest BCUT2D eigenvalue weighted by atomic mass is 10.2. The first-order valence-electron chi connectivity index (χ1n) is 5.76. The normalized spacial score (nSPS) is 10.4. The number of hydrogen-bond acceptors (Lipinski definition) is 3. The molecule has 94 valence electrons. The van der Waals surface area contributed by atoms with Crippen LogP contribution in [0.5, 0.6) is 0 Å². The third-order valence-electron chi connectivity index (χ3n) is 2.87. The van der Waals surface area contributed by atoms with Gasteiger partial charge in [-0.25, -0.2) is 4.98 Å². The summed E-state index contributed by atoms with van der Waals surface area (Å²) in [4.78, 5) is 6.50. The summed E-state index contributed by atoms with van der Waals surface area (Å²) >= 11 is 3.42. The molecule has 0 amide bonds. The molecule has 1 heterocycles. The molecule has 1 aromatic heterocycles. The van der Waals surface area contributed by atoms with Gasteiger partial charge in [0.25, 0.3) is 0 Å². The molecule has 0 aliphatic rings. The maximum Gasteiger partial charge on any atom is 0.137 e. The molecule has 0 saturated carbocycles. The minimum absolute atomic E-state index is 0.470. The summed E-state index contributed by atoms with van der Waals surface area (Å²) in [5.74, 6) is 0.893. The Morgan fingerprint density at radius 1 is 1.28 bits per heavy atom. The van der Waals surface area contributed by atoms with Crippen LogP contribution in [0.4, 0.5) is 11.5 Å². The molecule has 0 aliphatic heterocycles. The SMILES string of the molecule is Cc1ccc(N(C)c2ncc(Br)cc2CN)cc1. The lowest BCUT2D eigenvalue weighted by Gasteiger charge is -2.21. The van der Waals surface area contributed by atoms with E-state index in [1.807, 2.05) is 18.0 Å². The van der Waals surface area contributed by atoms with Gasteiger partial charge in [0.05, 0.1) is 0 Å². The van der Waals surface area contributed by atoms with Crippen molar-refractivity contribution < 1.29 is 0 Å². The van der Waals surface area contributed by atoms with Crippen LogP contribution in [0.15, 0.2) is 41.0 Å². The van der Waals surface area contributed by atoms with Gasteiger partial charge in [-0.05, 0) is 41.1 Å². The van der Waals surface area contributed by atoms with Crippen LogP contribution in [-0.4, -0.2) is 12.0 Å². The van der Waals surface area contributed by atoms with E-state index in [9.17, 15) is 0 Å². The molecule has 3 nitrogen and oxygen atoms in total. The molecule has 0 fully saturated rings. The Kier molecular flexibility index (Phi) is 3.99. The number of benzene rings is 1. The van der Waals surface area contributed by atoms with E-state index in [-0.39, 0.29) is 0 Å². The van der Waals surface area contributed by atoms with Gasteiger partial charge in [0.2, 0.25) is 0 Å². The fourth-order valence-electron chi connectivity index (χ4n) is 1.82. The van der Waals surface area contributed by atoms with Crippen LogP contribution in [0, 0.1) is 6.92 Å². The van der Waals surface area contributed by atoms with Gasteiger partial charge >= 0.3 is 0 Å². The summed E-state index contributed by atoms with van der Waals surface area (Å²) in [6.45, 7) is 2.55. The van der Waals surface area contributed by atoms with Crippen LogP contribution < -0.4 is 10.6 Å². The number of halogens is 1. The van der Waals surface area contributed by atoms with E-state index in [0.29, 0.717) is 6.54 Å². The second-order valence-corrected chi connectivity index (χ2v) is 5.15. The Labute approximate surface area is 116 Å². The smallest absolute Gasteiger partial charge is 0.137 e. The highest BCUT2D eigenvalue weighted by Crippen LogP contribution is 2.26. The highest BCUT2D eigenvalue weighted by atomic mass is 79.9. The second kappa shape index (κ2) is 5.50. The number of rotatable bonds is 3. The van der Waals surface area contributed by atoms with Crippen molar-refractivity contribution in [2.45, 2.75) is 13.5 Å². The monoisotopic (exact) mass is 305 g/mol. The number of aryl methyl sites for hydroxylation is 1. The standard InChI is InChI=1S/C14H16BrN3/c1-10-3-5-13(6-4-10)18(2)14-11(8-16)7-12(15)9-17-14/h3-7,9H,8,16H2,1-2H3. The lowest BCUT2D eigenvalue weighted by Crippen LogP contribution is -2.15. The summed E-state index contributed by atoms with van der Waals surface area (Å²) in [5.41, 5.74) is 9.14. The predicted octanol–water partition coefficient (Wildman–Crippen LogP) is 3.38. The molecule has 0 radical (unpaired) electrons. The van der Waals surface area contributed by atoms with Gasteiger partial charge in [0, 0.05) is 35.5 Å². The van der Waals surface area contributed by atoms with Gasteiger partial charge in [0.1, 0.15) is 5.82 Å². The number of hydrogen-bond donors (Lipinski definition) is 1. The van der Waals surface area contributed by atoms with E-state index in [2.05, 4.69) is 52.1 Å². The largest absolute Gasteiger partial charge is 0.329 e. The minimum Gasteiger partial charge on any atom is -0.329 e. The van der Waals surface area contributed by atoms with E-state index in [1.165, 1.54) is 5.56 Å². The van der Waals surface area contributed by atoms with Crippen molar-refractivity contribution in [1.82, 2.24) is 4.98 Å². The Hall–Kier alpha value is -1.39. The molecule has 2 N–H and O–H groups in total. The van der Waals surface area contributed by atoms with Crippen LogP contribution in [0.3, 0.4) is 0 Å². The average Bonchev–Trinajstić information content (AvgIpc) is 2.38. The summed E-state index contributed by atoms with van der Waals surface area (Å²) < 4.78 is 0.948. The van der Waals surface area contributed by atoms with Crippen LogP contribution in [0.25, 0.3) is 0 Å². The first kappa shape index (κ1) is 13.1. The number of pyridine rings is 1. The van der Waals surface area contributed by atoms with Crippen LogP contribution in [0.2, 0.25) is 0 Å². The van der Waals surface area contributed by atoms with Gasteiger partial charge in [-0.1, -0.05) is 17.7 Å². The van der Waals surface area contributed by atoms with Crippen molar-refractivity contribution in [2.24, 2.45) is 5.73 Å². The summed E-state index contributed by atoms with van der Waals surface area (Å²) in [7, 11) is 2.00. The quantitative estimate of drug-likeness (QED) is 0.945. The van der Waals surface area contributed by atoms with E-state index >= 15 is 0 Å². The van der Waals surface area contributed by atoms with Crippen LogP contribution in [-0.2, 0) is 6.54 Å². The first-order valence-corrected chi connectivity index (χ1v) is 6.56. The zero-order chi connectivity index (χ0) is 13.1. The predicted molar refractivity (Wildman–Crippen MR) is 79.1 cm³/mol. The van der Waals surface area contributed by atoms with E-state index in [0.717, 1.165) is 21.5 Å². The van der Waals surface area contributed by atoms with E-state index in [1.54, 1.807) is 6.20 Å². The van der Waals surface area contributed by atoms with Gasteiger partial charge in [-0.3, -0.25) is 0 Å². The maximum atomic E-state index is 5.77. The third-order valence-corrected chi connectivity index (χ3v) is 3.30. The fourth-order valence-corrected chi connectivity index (χ4v) is 2.20. The average molecular weight is 306 g/mol. The fraction of sp³-hybridized carbons (Fsp3) is 0.214.